The van der Waals surface area contributed by atoms with Crippen molar-refractivity contribution in [3.63, 3.8) is 0 Å². The number of para-hydroxylation sites is 1. The molecule has 0 bridgehead atoms. The molecule has 0 aliphatic rings. The molecule has 92 valence electrons. The maximum absolute atomic E-state index is 11.9. The van der Waals surface area contributed by atoms with Gasteiger partial charge < -0.3 is 0 Å². The van der Waals surface area contributed by atoms with Crippen LogP contribution in [0.15, 0.2) is 27.4 Å². The first-order valence-electron chi connectivity index (χ1n) is 4.02. The van der Waals surface area contributed by atoms with E-state index in [0.29, 0.717) is 0 Å². The molecule has 1 aromatic rings. The lowest BCUT2D eigenvalue weighted by Gasteiger charge is -1.98. The lowest BCUT2D eigenvalue weighted by molar-refractivity contribution is -0.385. The summed E-state index contributed by atoms with van der Waals surface area (Å²) < 4.78 is 38.5. The Morgan fingerprint density at radius 3 is 2.47 bits per heavy atom. The molecule has 0 saturated carbocycles. The first-order valence-corrected chi connectivity index (χ1v) is 6.06. The Morgan fingerprint density at radius 1 is 1.35 bits per heavy atom. The monoisotopic (exact) mass is 360 g/mol. The van der Waals surface area contributed by atoms with Gasteiger partial charge in [0, 0.05) is 27.1 Å². The molecule has 5 nitrogen and oxygen atoms in total. The lowest BCUT2D eigenvalue weighted by Crippen LogP contribution is -2.19. The molecule has 17 heavy (non-hydrogen) atoms. The van der Waals surface area contributed by atoms with Crippen molar-refractivity contribution in [3.8, 4) is 0 Å². The zero-order valence-corrected chi connectivity index (χ0v) is 10.1. The van der Waals surface area contributed by atoms with Crippen LogP contribution in [0.2, 0.25) is 0 Å². The van der Waals surface area contributed by atoms with E-state index in [1.807, 2.05) is 0 Å². The smallest absolute Gasteiger partial charge is 0.262 e. The number of alkyl halides is 3. The molecule has 0 saturated heterocycles. The molecule has 0 aromatic heterocycles. The summed E-state index contributed by atoms with van der Waals surface area (Å²) in [6.07, 6.45) is -5.02. The van der Waals surface area contributed by atoms with Crippen LogP contribution in [-0.4, -0.2) is 17.0 Å². The molecule has 0 radical (unpaired) electrons. The Kier molecular flexibility index (Phi) is 4.26. The Labute approximate surface area is 103 Å². The van der Waals surface area contributed by atoms with E-state index in [1.165, 1.54) is 18.2 Å². The van der Waals surface area contributed by atoms with Crippen molar-refractivity contribution in [1.82, 2.24) is 0 Å². The number of hydrogen-bond donors (Lipinski definition) is 0. The molecular formula is C8H4F3IN2O3. The number of benzene rings is 1. The SMILES string of the molecule is O=C(N=Ic1ccccc1[N+](=O)[O-])C(F)(F)F. The second kappa shape index (κ2) is 5.29. The molecule has 0 aliphatic heterocycles. The van der Waals surface area contributed by atoms with E-state index in [2.05, 4.69) is 3.15 Å². The molecule has 0 heterocycles. The summed E-state index contributed by atoms with van der Waals surface area (Å²) in [6, 6.07) is 5.27. The van der Waals surface area contributed by atoms with E-state index in [9.17, 15) is 28.1 Å². The lowest BCUT2D eigenvalue weighted by atomic mass is 10.3. The predicted molar refractivity (Wildman–Crippen MR) is 59.3 cm³/mol. The van der Waals surface area contributed by atoms with Gasteiger partial charge in [0.2, 0.25) is 0 Å². The summed E-state index contributed by atoms with van der Waals surface area (Å²) in [7, 11) is 0. The van der Waals surface area contributed by atoms with E-state index in [1.54, 1.807) is 0 Å². The molecule has 0 spiro atoms. The van der Waals surface area contributed by atoms with Crippen molar-refractivity contribution in [3.05, 3.63) is 37.9 Å². The normalized spacial score (nSPS) is 12.2. The van der Waals surface area contributed by atoms with E-state index in [4.69, 9.17) is 0 Å². The second-order valence-electron chi connectivity index (χ2n) is 2.68. The minimum Gasteiger partial charge on any atom is -0.262 e. The molecule has 1 rings (SSSR count). The predicted octanol–water partition coefficient (Wildman–Crippen LogP) is 3.01. The highest BCUT2D eigenvalue weighted by Gasteiger charge is 2.38. The van der Waals surface area contributed by atoms with E-state index in [0.717, 1.165) is 6.07 Å². The molecule has 1 amide bonds. The molecule has 0 unspecified atom stereocenters. The van der Waals surface area contributed by atoms with Gasteiger partial charge in [-0.25, -0.2) is 0 Å². The summed E-state index contributed by atoms with van der Waals surface area (Å²) in [5, 5.41) is 10.5. The number of carbonyl (C=O) groups is 1. The summed E-state index contributed by atoms with van der Waals surface area (Å²) in [4.78, 5) is 20.3. The van der Waals surface area contributed by atoms with Crippen LogP contribution in [0.4, 0.5) is 18.9 Å². The van der Waals surface area contributed by atoms with Crippen LogP contribution in [-0.2, 0) is 4.79 Å². The van der Waals surface area contributed by atoms with Crippen LogP contribution in [0, 0.1) is 13.7 Å². The third-order valence-corrected chi connectivity index (χ3v) is 3.61. The maximum Gasteiger partial charge on any atom is 0.473 e. The van der Waals surface area contributed by atoms with E-state index in [-0.39, 0.29) is 9.26 Å². The average Bonchev–Trinajstić information content (AvgIpc) is 2.24. The molecule has 9 heteroatoms. The van der Waals surface area contributed by atoms with Gasteiger partial charge >= 0.3 is 12.1 Å². The van der Waals surface area contributed by atoms with Gasteiger partial charge in [0.1, 0.15) is 3.57 Å². The first-order chi connectivity index (χ1) is 7.82. The highest BCUT2D eigenvalue weighted by atomic mass is 127. The van der Waals surface area contributed by atoms with Crippen molar-refractivity contribution in [2.75, 3.05) is 0 Å². The number of nitrogens with zero attached hydrogens (tertiary/aromatic N) is 2. The number of amides is 1. The molecule has 1 aromatic carbocycles. The number of hydrogen-bond acceptors (Lipinski definition) is 3. The Morgan fingerprint density at radius 2 is 1.94 bits per heavy atom. The maximum atomic E-state index is 11.9. The summed E-state index contributed by atoms with van der Waals surface area (Å²) in [5.41, 5.74) is -0.320. The van der Waals surface area contributed by atoms with Gasteiger partial charge in [0.25, 0.3) is 5.69 Å². The zero-order chi connectivity index (χ0) is 13.1. The summed E-state index contributed by atoms with van der Waals surface area (Å²) in [6.45, 7) is 0. The van der Waals surface area contributed by atoms with E-state index >= 15 is 0 Å². The van der Waals surface area contributed by atoms with Crippen LogP contribution >= 0.6 is 21.0 Å². The van der Waals surface area contributed by atoms with Crippen molar-refractivity contribution < 1.29 is 22.9 Å². The third kappa shape index (κ3) is 3.84. The van der Waals surface area contributed by atoms with Crippen LogP contribution in [0.3, 0.4) is 0 Å². The molecule has 0 atom stereocenters. The summed E-state index contributed by atoms with van der Waals surface area (Å²) >= 11 is -1.72. The van der Waals surface area contributed by atoms with Crippen molar-refractivity contribution in [1.29, 1.82) is 0 Å². The van der Waals surface area contributed by atoms with Crippen molar-refractivity contribution in [2.45, 2.75) is 6.18 Å². The van der Waals surface area contributed by atoms with Gasteiger partial charge in [-0.15, -0.1) is 0 Å². The first kappa shape index (κ1) is 13.7. The highest BCUT2D eigenvalue weighted by Crippen LogP contribution is 2.27. The number of halogens is 4. The zero-order valence-electron chi connectivity index (χ0n) is 7.94. The second-order valence-corrected chi connectivity index (χ2v) is 4.81. The van der Waals surface area contributed by atoms with E-state index < -0.39 is 38.0 Å². The van der Waals surface area contributed by atoms with Crippen LogP contribution in [0.25, 0.3) is 0 Å². The fraction of sp³-hybridized carbons (Fsp3) is 0.125. The van der Waals surface area contributed by atoms with Crippen LogP contribution < -0.4 is 0 Å². The van der Waals surface area contributed by atoms with Crippen LogP contribution in [0.5, 0.6) is 0 Å². The Hall–Kier alpha value is -1.39. The Balaban J connectivity index is 3.00. The number of nitro benzene ring substituents is 1. The van der Waals surface area contributed by atoms with Gasteiger partial charge in [-0.1, -0.05) is 12.1 Å². The van der Waals surface area contributed by atoms with Gasteiger partial charge in [-0.3, -0.25) is 14.9 Å². The Bertz CT molecular complexity index is 487. The largest absolute Gasteiger partial charge is 0.473 e. The molecule has 0 fully saturated rings. The van der Waals surface area contributed by atoms with Crippen molar-refractivity contribution in [2.24, 2.45) is 3.15 Å². The van der Waals surface area contributed by atoms with Crippen LogP contribution in [0.1, 0.15) is 0 Å². The number of nitro groups is 1. The number of rotatable bonds is 2. The quantitative estimate of drug-likeness (QED) is 0.462. The average molecular weight is 360 g/mol. The molecule has 0 aliphatic carbocycles. The molecule has 0 N–H and O–H groups in total. The fourth-order valence-corrected chi connectivity index (χ4v) is 2.55. The highest BCUT2D eigenvalue weighted by molar-refractivity contribution is 14.2. The molecular weight excluding hydrogens is 356 g/mol. The van der Waals surface area contributed by atoms with Gasteiger partial charge in [0.05, 0.1) is 4.92 Å². The van der Waals surface area contributed by atoms with Crippen molar-refractivity contribution >= 4 is 32.6 Å². The topological polar surface area (TPSA) is 72.6 Å². The number of carbonyl (C=O) groups excluding carboxylic acids is 1. The minimum atomic E-state index is -5.02. The summed E-state index contributed by atoms with van der Waals surface area (Å²) in [5.74, 6) is -2.21. The third-order valence-electron chi connectivity index (χ3n) is 1.50. The standard InChI is InChI=1S/C8H4F3IN2O3/c9-8(10,11)7(15)13-12-5-3-1-2-4-6(5)14(16)17/h1-4H. The van der Waals surface area contributed by atoms with Gasteiger partial charge in [-0.05, 0) is 6.07 Å². The fourth-order valence-electron chi connectivity index (χ4n) is 0.803. The minimum absolute atomic E-state index is 0.0638. The van der Waals surface area contributed by atoms with Gasteiger partial charge in [-0.2, -0.15) is 16.3 Å². The van der Waals surface area contributed by atoms with Gasteiger partial charge in [0.15, 0.2) is 0 Å².